The van der Waals surface area contributed by atoms with E-state index >= 15 is 0 Å². The first-order valence-electron chi connectivity index (χ1n) is 7.93. The van der Waals surface area contributed by atoms with Crippen molar-refractivity contribution >= 4 is 5.91 Å². The Bertz CT molecular complexity index is 717. The van der Waals surface area contributed by atoms with Crippen LogP contribution in [0.2, 0.25) is 0 Å². The second kappa shape index (κ2) is 6.16. The molecule has 128 valence electrons. The fourth-order valence-corrected chi connectivity index (χ4v) is 2.84. The molecule has 1 saturated heterocycles. The zero-order chi connectivity index (χ0) is 16.5. The SMILES string of the molecule is Cn1cc(O[C@@H]2COC[C@@H]2NC(=O)c2cc3n(n2)CCCO3)cn1. The zero-order valence-corrected chi connectivity index (χ0v) is 13.3. The van der Waals surface area contributed by atoms with E-state index in [9.17, 15) is 4.79 Å². The van der Waals surface area contributed by atoms with Crippen molar-refractivity contribution in [3.63, 3.8) is 0 Å². The van der Waals surface area contributed by atoms with Gasteiger partial charge < -0.3 is 19.5 Å². The van der Waals surface area contributed by atoms with E-state index in [-0.39, 0.29) is 18.1 Å². The molecule has 0 saturated carbocycles. The number of hydrogen-bond acceptors (Lipinski definition) is 6. The average molecular weight is 333 g/mol. The quantitative estimate of drug-likeness (QED) is 0.845. The van der Waals surface area contributed by atoms with Gasteiger partial charge in [-0.15, -0.1) is 0 Å². The summed E-state index contributed by atoms with van der Waals surface area (Å²) >= 11 is 0. The highest BCUT2D eigenvalue weighted by molar-refractivity contribution is 5.92. The van der Waals surface area contributed by atoms with Crippen LogP contribution in [-0.4, -0.2) is 57.4 Å². The summed E-state index contributed by atoms with van der Waals surface area (Å²) in [6.07, 6.45) is 4.05. The normalized spacial score (nSPS) is 22.7. The summed E-state index contributed by atoms with van der Waals surface area (Å²) in [4.78, 5) is 12.5. The summed E-state index contributed by atoms with van der Waals surface area (Å²) in [6, 6.07) is 1.43. The third-order valence-corrected chi connectivity index (χ3v) is 4.05. The van der Waals surface area contributed by atoms with Crippen LogP contribution >= 0.6 is 0 Å². The van der Waals surface area contributed by atoms with Crippen LogP contribution in [-0.2, 0) is 18.3 Å². The van der Waals surface area contributed by atoms with E-state index in [0.717, 1.165) is 13.0 Å². The lowest BCUT2D eigenvalue weighted by molar-refractivity contribution is 0.0898. The van der Waals surface area contributed by atoms with Gasteiger partial charge in [0.2, 0.25) is 5.88 Å². The van der Waals surface area contributed by atoms with Gasteiger partial charge in [-0.25, -0.2) is 4.68 Å². The number of carbonyl (C=O) groups excluding carboxylic acids is 1. The van der Waals surface area contributed by atoms with Crippen molar-refractivity contribution in [2.24, 2.45) is 7.05 Å². The Morgan fingerprint density at radius 2 is 2.38 bits per heavy atom. The van der Waals surface area contributed by atoms with Crippen molar-refractivity contribution in [2.45, 2.75) is 25.1 Å². The highest BCUT2D eigenvalue weighted by Gasteiger charge is 2.32. The number of nitrogens with zero attached hydrogens (tertiary/aromatic N) is 4. The fourth-order valence-electron chi connectivity index (χ4n) is 2.84. The smallest absolute Gasteiger partial charge is 0.272 e. The first kappa shape index (κ1) is 15.0. The predicted molar refractivity (Wildman–Crippen MR) is 82.0 cm³/mol. The van der Waals surface area contributed by atoms with E-state index in [2.05, 4.69) is 15.5 Å². The number of rotatable bonds is 4. The number of carbonyl (C=O) groups is 1. The van der Waals surface area contributed by atoms with Crippen molar-refractivity contribution in [1.82, 2.24) is 24.9 Å². The number of fused-ring (bicyclic) bond motifs is 1. The minimum absolute atomic E-state index is 0.239. The van der Waals surface area contributed by atoms with Crippen molar-refractivity contribution in [1.29, 1.82) is 0 Å². The number of nitrogens with one attached hydrogen (secondary N) is 1. The molecule has 1 amide bonds. The number of aryl methyl sites for hydroxylation is 2. The molecule has 4 heterocycles. The molecule has 0 aromatic carbocycles. The van der Waals surface area contributed by atoms with E-state index in [1.165, 1.54) is 0 Å². The molecule has 2 aromatic heterocycles. The van der Waals surface area contributed by atoms with Gasteiger partial charge in [0.25, 0.3) is 5.91 Å². The monoisotopic (exact) mass is 333 g/mol. The molecular weight excluding hydrogens is 314 g/mol. The van der Waals surface area contributed by atoms with Gasteiger partial charge in [0, 0.05) is 26.1 Å². The molecule has 2 aliphatic heterocycles. The van der Waals surface area contributed by atoms with Crippen LogP contribution in [0.25, 0.3) is 0 Å². The van der Waals surface area contributed by atoms with Crippen molar-refractivity contribution < 1.29 is 19.0 Å². The molecule has 24 heavy (non-hydrogen) atoms. The molecule has 0 radical (unpaired) electrons. The highest BCUT2D eigenvalue weighted by atomic mass is 16.5. The molecule has 0 spiro atoms. The minimum Gasteiger partial charge on any atom is -0.482 e. The number of aromatic nitrogens is 4. The minimum atomic E-state index is -0.258. The Balaban J connectivity index is 1.41. The third-order valence-electron chi connectivity index (χ3n) is 4.05. The average Bonchev–Trinajstić information content (AvgIpc) is 3.28. The van der Waals surface area contributed by atoms with Gasteiger partial charge in [-0.2, -0.15) is 10.2 Å². The van der Waals surface area contributed by atoms with Crippen LogP contribution in [0.15, 0.2) is 18.5 Å². The number of ether oxygens (including phenoxy) is 3. The zero-order valence-electron chi connectivity index (χ0n) is 13.3. The number of amides is 1. The first-order valence-corrected chi connectivity index (χ1v) is 7.93. The van der Waals surface area contributed by atoms with Crippen LogP contribution in [0.3, 0.4) is 0 Å². The van der Waals surface area contributed by atoms with Gasteiger partial charge in [0.1, 0.15) is 6.10 Å². The van der Waals surface area contributed by atoms with Gasteiger partial charge in [-0.05, 0) is 0 Å². The molecule has 0 unspecified atom stereocenters. The van der Waals surface area contributed by atoms with Gasteiger partial charge in [-0.1, -0.05) is 0 Å². The third kappa shape index (κ3) is 2.94. The van der Waals surface area contributed by atoms with Gasteiger partial charge in [0.15, 0.2) is 11.4 Å². The van der Waals surface area contributed by atoms with E-state index in [1.807, 2.05) is 7.05 Å². The summed E-state index contributed by atoms with van der Waals surface area (Å²) in [7, 11) is 1.82. The summed E-state index contributed by atoms with van der Waals surface area (Å²) in [5.74, 6) is 1.03. The highest BCUT2D eigenvalue weighted by Crippen LogP contribution is 2.20. The van der Waals surface area contributed by atoms with Crippen LogP contribution in [0.5, 0.6) is 11.6 Å². The Labute approximate surface area is 138 Å². The molecule has 9 heteroatoms. The Kier molecular flexibility index (Phi) is 3.85. The molecule has 2 atom stereocenters. The fraction of sp³-hybridized carbons (Fsp3) is 0.533. The Hall–Kier alpha value is -2.55. The maximum atomic E-state index is 12.5. The summed E-state index contributed by atoms with van der Waals surface area (Å²) in [5.41, 5.74) is 0.346. The molecule has 0 aliphatic carbocycles. The molecule has 0 bridgehead atoms. The molecule has 2 aromatic rings. The van der Waals surface area contributed by atoms with Crippen LogP contribution < -0.4 is 14.8 Å². The van der Waals surface area contributed by atoms with Gasteiger partial charge in [-0.3, -0.25) is 9.48 Å². The number of hydrogen-bond donors (Lipinski definition) is 1. The van der Waals surface area contributed by atoms with Crippen molar-refractivity contribution in [3.05, 3.63) is 24.2 Å². The second-order valence-electron chi connectivity index (χ2n) is 5.92. The molecule has 1 N–H and O–H groups in total. The van der Waals surface area contributed by atoms with E-state index in [4.69, 9.17) is 14.2 Å². The lowest BCUT2D eigenvalue weighted by Gasteiger charge is -2.19. The predicted octanol–water partition coefficient (Wildman–Crippen LogP) is -0.0247. The van der Waals surface area contributed by atoms with Crippen LogP contribution in [0.4, 0.5) is 0 Å². The second-order valence-corrected chi connectivity index (χ2v) is 5.92. The summed E-state index contributed by atoms with van der Waals surface area (Å²) in [6.45, 7) is 2.25. The lowest BCUT2D eigenvalue weighted by atomic mass is 10.2. The maximum absolute atomic E-state index is 12.5. The van der Waals surface area contributed by atoms with Crippen LogP contribution in [0.1, 0.15) is 16.9 Å². The summed E-state index contributed by atoms with van der Waals surface area (Å²) < 4.78 is 20.2. The lowest BCUT2D eigenvalue weighted by Crippen LogP contribution is -2.45. The Morgan fingerprint density at radius 3 is 3.17 bits per heavy atom. The standard InChI is InChI=1S/C15H19N5O4/c1-19-7-10(6-16-19)24-13-9-22-8-12(13)17-15(21)11-5-14-20(18-11)3-2-4-23-14/h5-7,12-13H,2-4,8-9H2,1H3,(H,17,21)/t12-,13+/m0/s1. The van der Waals surface area contributed by atoms with Crippen molar-refractivity contribution in [2.75, 3.05) is 19.8 Å². The van der Waals surface area contributed by atoms with E-state index in [1.54, 1.807) is 27.8 Å². The molecule has 1 fully saturated rings. The van der Waals surface area contributed by atoms with E-state index in [0.29, 0.717) is 37.1 Å². The molecule has 4 rings (SSSR count). The molecular formula is C15H19N5O4. The largest absolute Gasteiger partial charge is 0.482 e. The molecule has 2 aliphatic rings. The first-order chi connectivity index (χ1) is 11.7. The van der Waals surface area contributed by atoms with Crippen LogP contribution in [0, 0.1) is 0 Å². The maximum Gasteiger partial charge on any atom is 0.272 e. The van der Waals surface area contributed by atoms with E-state index < -0.39 is 0 Å². The Morgan fingerprint density at radius 1 is 1.46 bits per heavy atom. The van der Waals surface area contributed by atoms with Gasteiger partial charge in [0.05, 0.1) is 38.3 Å². The van der Waals surface area contributed by atoms with Gasteiger partial charge >= 0.3 is 0 Å². The summed E-state index contributed by atoms with van der Waals surface area (Å²) in [5, 5.41) is 11.3. The molecule has 9 nitrogen and oxygen atoms in total. The topological polar surface area (TPSA) is 92.4 Å². The van der Waals surface area contributed by atoms with Crippen molar-refractivity contribution in [3.8, 4) is 11.6 Å².